The summed E-state index contributed by atoms with van der Waals surface area (Å²) >= 11 is 0. The quantitative estimate of drug-likeness (QED) is 0.830. The highest BCUT2D eigenvalue weighted by Crippen LogP contribution is 2.33. The van der Waals surface area contributed by atoms with Gasteiger partial charge in [0.2, 0.25) is 0 Å². The van der Waals surface area contributed by atoms with Gasteiger partial charge in [-0.05, 0) is 32.4 Å². The van der Waals surface area contributed by atoms with E-state index >= 15 is 0 Å². The number of benzene rings is 1. The van der Waals surface area contributed by atoms with Crippen molar-refractivity contribution < 1.29 is 9.47 Å². The van der Waals surface area contributed by atoms with Crippen LogP contribution in [-0.2, 0) is 5.54 Å². The molecule has 0 saturated carbocycles. The number of hydrogen-bond acceptors (Lipinski definition) is 3. The largest absolute Gasteiger partial charge is 0.496 e. The molecule has 1 rings (SSSR count). The van der Waals surface area contributed by atoms with Gasteiger partial charge in [0.05, 0.1) is 14.2 Å². The predicted octanol–water partition coefficient (Wildman–Crippen LogP) is 2.21. The standard InChI is InChI=1S/C12H19NO2/c1-8-6-9(12(2,3)13)11(15-5)7-10(8)14-4/h6-7H,13H2,1-5H3. The first kappa shape index (κ1) is 11.9. The maximum Gasteiger partial charge on any atom is 0.127 e. The highest BCUT2D eigenvalue weighted by molar-refractivity contribution is 5.48. The fourth-order valence-electron chi connectivity index (χ4n) is 1.56. The van der Waals surface area contributed by atoms with Crippen LogP contribution in [0, 0.1) is 6.92 Å². The number of rotatable bonds is 3. The van der Waals surface area contributed by atoms with Gasteiger partial charge in [0, 0.05) is 17.2 Å². The van der Waals surface area contributed by atoms with E-state index in [1.807, 2.05) is 32.9 Å². The molecule has 3 heteroatoms. The third-order valence-corrected chi connectivity index (χ3v) is 2.41. The molecule has 1 aromatic carbocycles. The topological polar surface area (TPSA) is 44.5 Å². The number of nitrogens with two attached hydrogens (primary N) is 1. The SMILES string of the molecule is COc1cc(OC)c(C(C)(C)N)cc1C. The Hall–Kier alpha value is -1.22. The molecular weight excluding hydrogens is 190 g/mol. The zero-order valence-electron chi connectivity index (χ0n) is 10.0. The minimum absolute atomic E-state index is 0.414. The van der Waals surface area contributed by atoms with Gasteiger partial charge in [-0.3, -0.25) is 0 Å². The zero-order valence-corrected chi connectivity index (χ0v) is 10.0. The molecule has 2 N–H and O–H groups in total. The Morgan fingerprint density at radius 3 is 2.00 bits per heavy atom. The van der Waals surface area contributed by atoms with E-state index in [0.29, 0.717) is 0 Å². The van der Waals surface area contributed by atoms with E-state index in [2.05, 4.69) is 0 Å². The first-order chi connectivity index (χ1) is 6.90. The third-order valence-electron chi connectivity index (χ3n) is 2.41. The molecule has 0 spiro atoms. The minimum atomic E-state index is -0.414. The number of aryl methyl sites for hydroxylation is 1. The van der Waals surface area contributed by atoms with Crippen molar-refractivity contribution in [3.63, 3.8) is 0 Å². The molecular formula is C12H19NO2. The van der Waals surface area contributed by atoms with E-state index in [-0.39, 0.29) is 0 Å². The Morgan fingerprint density at radius 2 is 1.60 bits per heavy atom. The maximum atomic E-state index is 6.07. The molecule has 0 unspecified atom stereocenters. The fourth-order valence-corrected chi connectivity index (χ4v) is 1.56. The van der Waals surface area contributed by atoms with Crippen LogP contribution in [0.5, 0.6) is 11.5 Å². The molecule has 0 saturated heterocycles. The van der Waals surface area contributed by atoms with Crippen LogP contribution in [0.15, 0.2) is 12.1 Å². The van der Waals surface area contributed by atoms with Gasteiger partial charge in [0.1, 0.15) is 11.5 Å². The van der Waals surface area contributed by atoms with E-state index < -0.39 is 5.54 Å². The predicted molar refractivity (Wildman–Crippen MR) is 61.5 cm³/mol. The highest BCUT2D eigenvalue weighted by Gasteiger charge is 2.20. The molecule has 0 aliphatic carbocycles. The van der Waals surface area contributed by atoms with E-state index in [1.165, 1.54) is 0 Å². The molecule has 0 aliphatic heterocycles. The third kappa shape index (κ3) is 2.42. The second-order valence-electron chi connectivity index (χ2n) is 4.24. The molecule has 0 bridgehead atoms. The summed E-state index contributed by atoms with van der Waals surface area (Å²) in [6.45, 7) is 5.90. The van der Waals surface area contributed by atoms with E-state index in [4.69, 9.17) is 15.2 Å². The van der Waals surface area contributed by atoms with Gasteiger partial charge in [-0.15, -0.1) is 0 Å². The van der Waals surface area contributed by atoms with Crippen molar-refractivity contribution in [2.24, 2.45) is 5.73 Å². The van der Waals surface area contributed by atoms with Gasteiger partial charge in [-0.2, -0.15) is 0 Å². The van der Waals surface area contributed by atoms with Crippen molar-refractivity contribution in [3.05, 3.63) is 23.3 Å². The van der Waals surface area contributed by atoms with Crippen LogP contribution in [0.25, 0.3) is 0 Å². The summed E-state index contributed by atoms with van der Waals surface area (Å²) in [5.41, 5.74) is 7.71. The normalized spacial score (nSPS) is 11.3. The molecule has 1 aromatic rings. The summed E-state index contributed by atoms with van der Waals surface area (Å²) in [6, 6.07) is 3.89. The van der Waals surface area contributed by atoms with Gasteiger partial charge < -0.3 is 15.2 Å². The van der Waals surface area contributed by atoms with Gasteiger partial charge >= 0.3 is 0 Å². The van der Waals surface area contributed by atoms with Crippen molar-refractivity contribution in [3.8, 4) is 11.5 Å². The summed E-state index contributed by atoms with van der Waals surface area (Å²) < 4.78 is 10.5. The van der Waals surface area contributed by atoms with Crippen molar-refractivity contribution in [1.82, 2.24) is 0 Å². The Bertz CT molecular complexity index is 353. The second kappa shape index (κ2) is 4.11. The lowest BCUT2D eigenvalue weighted by molar-refractivity contribution is 0.379. The number of hydrogen-bond donors (Lipinski definition) is 1. The highest BCUT2D eigenvalue weighted by atomic mass is 16.5. The molecule has 0 amide bonds. The monoisotopic (exact) mass is 209 g/mol. The van der Waals surface area contributed by atoms with Crippen molar-refractivity contribution in [2.75, 3.05) is 14.2 Å². The molecule has 0 aliphatic rings. The van der Waals surface area contributed by atoms with Crippen LogP contribution in [0.4, 0.5) is 0 Å². The Balaban J connectivity index is 3.34. The second-order valence-corrected chi connectivity index (χ2v) is 4.24. The molecule has 0 atom stereocenters. The van der Waals surface area contributed by atoms with Crippen molar-refractivity contribution >= 4 is 0 Å². The van der Waals surface area contributed by atoms with Crippen molar-refractivity contribution in [2.45, 2.75) is 26.3 Å². The van der Waals surface area contributed by atoms with Gasteiger partial charge in [-0.25, -0.2) is 0 Å². The smallest absolute Gasteiger partial charge is 0.127 e. The lowest BCUT2D eigenvalue weighted by Crippen LogP contribution is -2.29. The molecule has 0 heterocycles. The molecule has 0 aromatic heterocycles. The average Bonchev–Trinajstić information content (AvgIpc) is 2.16. The summed E-state index contributed by atoms with van der Waals surface area (Å²) in [7, 11) is 3.29. The number of ether oxygens (including phenoxy) is 2. The van der Waals surface area contributed by atoms with Gasteiger partial charge in [0.15, 0.2) is 0 Å². The summed E-state index contributed by atoms with van der Waals surface area (Å²) in [4.78, 5) is 0. The average molecular weight is 209 g/mol. The van der Waals surface area contributed by atoms with Crippen LogP contribution < -0.4 is 15.2 Å². The fraction of sp³-hybridized carbons (Fsp3) is 0.500. The van der Waals surface area contributed by atoms with Crippen LogP contribution in [0.3, 0.4) is 0 Å². The van der Waals surface area contributed by atoms with Crippen LogP contribution in [-0.4, -0.2) is 14.2 Å². The molecule has 0 radical (unpaired) electrons. The van der Waals surface area contributed by atoms with Crippen LogP contribution in [0.2, 0.25) is 0 Å². The Kier molecular flexibility index (Phi) is 3.25. The minimum Gasteiger partial charge on any atom is -0.496 e. The number of methoxy groups -OCH3 is 2. The zero-order chi connectivity index (χ0) is 11.6. The van der Waals surface area contributed by atoms with Gasteiger partial charge in [0.25, 0.3) is 0 Å². The van der Waals surface area contributed by atoms with Crippen LogP contribution >= 0.6 is 0 Å². The first-order valence-electron chi connectivity index (χ1n) is 4.92. The summed E-state index contributed by atoms with van der Waals surface area (Å²) in [5, 5.41) is 0. The Labute approximate surface area is 91.2 Å². The van der Waals surface area contributed by atoms with E-state index in [1.54, 1.807) is 14.2 Å². The summed E-state index contributed by atoms with van der Waals surface area (Å²) in [5.74, 6) is 1.59. The maximum absolute atomic E-state index is 6.07. The van der Waals surface area contributed by atoms with E-state index in [0.717, 1.165) is 22.6 Å². The molecule has 0 fully saturated rings. The first-order valence-corrected chi connectivity index (χ1v) is 4.92. The molecule has 15 heavy (non-hydrogen) atoms. The van der Waals surface area contributed by atoms with Crippen LogP contribution in [0.1, 0.15) is 25.0 Å². The van der Waals surface area contributed by atoms with Crippen molar-refractivity contribution in [1.29, 1.82) is 0 Å². The molecule has 84 valence electrons. The van der Waals surface area contributed by atoms with E-state index in [9.17, 15) is 0 Å². The summed E-state index contributed by atoms with van der Waals surface area (Å²) in [6.07, 6.45) is 0. The molecule has 3 nitrogen and oxygen atoms in total. The van der Waals surface area contributed by atoms with Gasteiger partial charge in [-0.1, -0.05) is 0 Å². The lowest BCUT2D eigenvalue weighted by atomic mass is 9.93. The lowest BCUT2D eigenvalue weighted by Gasteiger charge is -2.23. The Morgan fingerprint density at radius 1 is 1.07 bits per heavy atom.